The second-order valence-electron chi connectivity index (χ2n) is 9.02. The van der Waals surface area contributed by atoms with Gasteiger partial charge in [-0.1, -0.05) is 0 Å². The molecule has 0 aromatic heterocycles. The number of hydrogen-bond acceptors (Lipinski definition) is 13. The number of carboxylic acid groups (broad SMARTS) is 1. The molecule has 2 aromatic rings. The summed E-state index contributed by atoms with van der Waals surface area (Å²) < 4.78 is 56.3. The number of fused-ring (bicyclic) bond motifs is 2. The van der Waals surface area contributed by atoms with Crippen molar-refractivity contribution in [1.82, 2.24) is 0 Å². The van der Waals surface area contributed by atoms with E-state index in [2.05, 4.69) is 10.2 Å². The zero-order chi connectivity index (χ0) is 30.0. The maximum atomic E-state index is 12.1. The third-order valence-corrected chi connectivity index (χ3v) is 5.92. The molecule has 0 unspecified atom stereocenters. The number of azo groups is 1. The lowest BCUT2D eigenvalue weighted by atomic mass is 10.1. The maximum Gasteiger partial charge on any atom is 0.338 e. The van der Waals surface area contributed by atoms with Gasteiger partial charge in [0.15, 0.2) is 23.0 Å². The molecule has 0 aliphatic carbocycles. The highest BCUT2D eigenvalue weighted by Crippen LogP contribution is 2.37. The number of ether oxygens (including phenoxy) is 10. The highest BCUT2D eigenvalue weighted by atomic mass is 16.6. The quantitative estimate of drug-likeness (QED) is 0.509. The Labute approximate surface area is 249 Å². The van der Waals surface area contributed by atoms with Gasteiger partial charge in [0.05, 0.1) is 90.5 Å². The van der Waals surface area contributed by atoms with Gasteiger partial charge >= 0.3 is 5.97 Å². The molecule has 0 spiro atoms. The van der Waals surface area contributed by atoms with Gasteiger partial charge in [0.1, 0.15) is 32.1 Å². The van der Waals surface area contributed by atoms with E-state index in [-0.39, 0.29) is 36.8 Å². The molecule has 4 rings (SSSR count). The molecular formula is C29H38N2O12. The molecule has 0 fully saturated rings. The number of hydrogen-bond donors (Lipinski definition) is 1. The van der Waals surface area contributed by atoms with E-state index in [1.807, 2.05) is 0 Å². The summed E-state index contributed by atoms with van der Waals surface area (Å²) in [6.45, 7) is 5.89. The van der Waals surface area contributed by atoms with Crippen molar-refractivity contribution in [2.75, 3.05) is 106 Å². The van der Waals surface area contributed by atoms with Crippen molar-refractivity contribution in [3.8, 4) is 23.0 Å². The van der Waals surface area contributed by atoms with E-state index in [0.717, 1.165) is 0 Å². The highest BCUT2D eigenvalue weighted by Gasteiger charge is 2.18. The van der Waals surface area contributed by atoms with Gasteiger partial charge in [-0.2, -0.15) is 5.11 Å². The molecule has 14 nitrogen and oxygen atoms in total. The summed E-state index contributed by atoms with van der Waals surface area (Å²) in [6, 6.07) is 7.90. The molecule has 0 bridgehead atoms. The Bertz CT molecular complexity index is 1160. The third-order valence-electron chi connectivity index (χ3n) is 5.92. The van der Waals surface area contributed by atoms with E-state index < -0.39 is 5.97 Å². The molecule has 236 valence electrons. The van der Waals surface area contributed by atoms with Crippen LogP contribution in [0.3, 0.4) is 0 Å². The van der Waals surface area contributed by atoms with E-state index in [1.54, 1.807) is 18.2 Å². The van der Waals surface area contributed by atoms with Crippen LogP contribution in [0, 0.1) is 0 Å². The Balaban J connectivity index is 1.52. The topological polar surface area (TPSA) is 154 Å². The number of carboxylic acids is 1. The SMILES string of the molecule is O=C(O)c1cc2c(cc1N=Nc1ccc3c(c1)OCCOCCOCCOCCO3)OCCOCCOCCOCCO2. The predicted octanol–water partition coefficient (Wildman–Crippen LogP) is 3.44. The summed E-state index contributed by atoms with van der Waals surface area (Å²) in [5.74, 6) is 0.297. The summed E-state index contributed by atoms with van der Waals surface area (Å²) >= 11 is 0. The van der Waals surface area contributed by atoms with Gasteiger partial charge in [-0.15, -0.1) is 5.11 Å². The average molecular weight is 607 g/mol. The van der Waals surface area contributed by atoms with Crippen LogP contribution in [0.15, 0.2) is 40.6 Å². The van der Waals surface area contributed by atoms with Crippen LogP contribution < -0.4 is 18.9 Å². The highest BCUT2D eigenvalue weighted by molar-refractivity contribution is 5.94. The van der Waals surface area contributed by atoms with Crippen molar-refractivity contribution in [3.63, 3.8) is 0 Å². The Morgan fingerprint density at radius 2 is 0.884 bits per heavy atom. The second kappa shape index (κ2) is 18.9. The number of benzene rings is 2. The molecule has 0 atom stereocenters. The fourth-order valence-corrected chi connectivity index (χ4v) is 3.86. The first-order valence-electron chi connectivity index (χ1n) is 14.2. The van der Waals surface area contributed by atoms with Gasteiger partial charge in [-0.3, -0.25) is 0 Å². The van der Waals surface area contributed by atoms with Crippen molar-refractivity contribution < 1.29 is 57.3 Å². The summed E-state index contributed by atoms with van der Waals surface area (Å²) in [7, 11) is 0. The van der Waals surface area contributed by atoms with Crippen LogP contribution in [0.2, 0.25) is 0 Å². The van der Waals surface area contributed by atoms with Gasteiger partial charge < -0.3 is 52.5 Å². The summed E-state index contributed by atoms with van der Waals surface area (Å²) in [5, 5.41) is 18.4. The molecule has 0 amide bonds. The third kappa shape index (κ3) is 11.6. The Morgan fingerprint density at radius 3 is 1.35 bits per heavy atom. The first kappa shape index (κ1) is 32.4. The normalized spacial score (nSPS) is 18.9. The van der Waals surface area contributed by atoms with Gasteiger partial charge in [0.2, 0.25) is 0 Å². The van der Waals surface area contributed by atoms with E-state index in [0.29, 0.717) is 109 Å². The smallest absolute Gasteiger partial charge is 0.338 e. The zero-order valence-corrected chi connectivity index (χ0v) is 24.0. The van der Waals surface area contributed by atoms with Crippen molar-refractivity contribution in [2.24, 2.45) is 10.2 Å². The summed E-state index contributed by atoms with van der Waals surface area (Å²) in [5.41, 5.74) is 0.396. The summed E-state index contributed by atoms with van der Waals surface area (Å²) in [6.07, 6.45) is 0. The van der Waals surface area contributed by atoms with Gasteiger partial charge in [-0.25, -0.2) is 4.79 Å². The maximum absolute atomic E-state index is 12.1. The second-order valence-corrected chi connectivity index (χ2v) is 9.02. The molecular weight excluding hydrogens is 568 g/mol. The van der Waals surface area contributed by atoms with Crippen molar-refractivity contribution in [3.05, 3.63) is 35.9 Å². The van der Waals surface area contributed by atoms with E-state index in [1.165, 1.54) is 12.1 Å². The van der Waals surface area contributed by atoms with E-state index in [9.17, 15) is 9.90 Å². The van der Waals surface area contributed by atoms with Crippen LogP contribution in [0.4, 0.5) is 11.4 Å². The minimum atomic E-state index is -1.20. The monoisotopic (exact) mass is 606 g/mol. The molecule has 0 saturated heterocycles. The fourth-order valence-electron chi connectivity index (χ4n) is 3.86. The largest absolute Gasteiger partial charge is 0.487 e. The van der Waals surface area contributed by atoms with Crippen LogP contribution in [0.25, 0.3) is 0 Å². The van der Waals surface area contributed by atoms with Gasteiger partial charge in [0, 0.05) is 18.2 Å². The van der Waals surface area contributed by atoms with Gasteiger partial charge in [0.25, 0.3) is 0 Å². The number of carbonyl (C=O) groups is 1. The van der Waals surface area contributed by atoms with Gasteiger partial charge in [-0.05, 0) is 12.1 Å². The molecule has 0 saturated carbocycles. The number of nitrogens with zero attached hydrogens (tertiary/aromatic N) is 2. The Hall–Kier alpha value is -3.53. The first-order valence-corrected chi connectivity index (χ1v) is 14.2. The molecule has 2 heterocycles. The minimum Gasteiger partial charge on any atom is -0.487 e. The minimum absolute atomic E-state index is 0.0828. The van der Waals surface area contributed by atoms with Crippen LogP contribution in [0.1, 0.15) is 10.4 Å². The van der Waals surface area contributed by atoms with E-state index in [4.69, 9.17) is 47.4 Å². The standard InChI is InChI=1S/C29H38N2O12/c32-29(33)23-20-27-28(43-18-14-39-10-6-35-5-9-38-13-17-42-27)21-24(23)31-30-22-1-2-25-26(19-22)41-16-12-37-8-4-34-3-7-36-11-15-40-25/h1-2,19-21H,3-18H2,(H,32,33). The first-order chi connectivity index (χ1) is 21.2. The molecule has 2 aliphatic heterocycles. The van der Waals surface area contributed by atoms with Crippen LogP contribution in [-0.2, 0) is 28.4 Å². The lowest BCUT2D eigenvalue weighted by Crippen LogP contribution is -2.13. The number of aromatic carboxylic acids is 1. The Morgan fingerprint density at radius 1 is 0.488 bits per heavy atom. The molecule has 0 radical (unpaired) electrons. The van der Waals surface area contributed by atoms with E-state index >= 15 is 0 Å². The van der Waals surface area contributed by atoms with Crippen LogP contribution in [0.5, 0.6) is 23.0 Å². The fraction of sp³-hybridized carbons (Fsp3) is 0.552. The molecule has 43 heavy (non-hydrogen) atoms. The van der Waals surface area contributed by atoms with Crippen molar-refractivity contribution >= 4 is 17.3 Å². The molecule has 14 heteroatoms. The number of rotatable bonds is 3. The summed E-state index contributed by atoms with van der Waals surface area (Å²) in [4.78, 5) is 12.1. The van der Waals surface area contributed by atoms with Crippen molar-refractivity contribution in [1.29, 1.82) is 0 Å². The van der Waals surface area contributed by atoms with Crippen LogP contribution in [-0.4, -0.2) is 117 Å². The lowest BCUT2D eigenvalue weighted by Gasteiger charge is -2.15. The van der Waals surface area contributed by atoms with Crippen LogP contribution >= 0.6 is 0 Å². The molecule has 2 aliphatic rings. The molecule has 2 aromatic carbocycles. The average Bonchev–Trinajstić information content (AvgIpc) is 3.02. The predicted molar refractivity (Wildman–Crippen MR) is 151 cm³/mol. The molecule has 1 N–H and O–H groups in total. The van der Waals surface area contributed by atoms with Crippen molar-refractivity contribution in [2.45, 2.75) is 0 Å². The Kier molecular flexibility index (Phi) is 14.2. The lowest BCUT2D eigenvalue weighted by molar-refractivity contribution is 0.00708. The zero-order valence-electron chi connectivity index (χ0n) is 24.0.